The minimum Gasteiger partial charge on any atom is -0.360 e. The molecule has 0 bridgehead atoms. The first-order valence-corrected chi connectivity index (χ1v) is 5.00. The van der Waals surface area contributed by atoms with Gasteiger partial charge in [-0.2, -0.15) is 0 Å². The molecule has 0 radical (unpaired) electrons. The van der Waals surface area contributed by atoms with Gasteiger partial charge in [0.05, 0.1) is 12.0 Å². The van der Waals surface area contributed by atoms with Crippen molar-refractivity contribution in [3.05, 3.63) is 18.2 Å². The van der Waals surface area contributed by atoms with Crippen molar-refractivity contribution in [2.45, 2.75) is 32.7 Å². The zero-order valence-electron chi connectivity index (χ0n) is 8.97. The van der Waals surface area contributed by atoms with Crippen LogP contribution in [-0.4, -0.2) is 34.1 Å². The molecule has 0 saturated carbocycles. The number of ether oxygens (including phenoxy) is 1. The molecule has 2 rings (SSSR count). The maximum absolute atomic E-state index is 5.44. The predicted molar refractivity (Wildman–Crippen MR) is 53.8 cm³/mol. The van der Waals surface area contributed by atoms with Gasteiger partial charge in [0.15, 0.2) is 0 Å². The molecular formula is C10H17N3O. The number of aromatic nitrogens is 2. The summed E-state index contributed by atoms with van der Waals surface area (Å²) in [6.45, 7) is 6.33. The van der Waals surface area contributed by atoms with E-state index in [0.29, 0.717) is 6.04 Å². The highest BCUT2D eigenvalue weighted by Gasteiger charge is 2.25. The first-order valence-electron chi connectivity index (χ1n) is 5.00. The van der Waals surface area contributed by atoms with Crippen molar-refractivity contribution in [2.24, 2.45) is 0 Å². The van der Waals surface area contributed by atoms with E-state index < -0.39 is 0 Å². The van der Waals surface area contributed by atoms with E-state index in [1.165, 1.54) is 5.69 Å². The first-order chi connectivity index (χ1) is 6.72. The smallest absolute Gasteiger partial charge is 0.147 e. The molecule has 0 aliphatic carbocycles. The summed E-state index contributed by atoms with van der Waals surface area (Å²) in [5, 5.41) is 0. The van der Waals surface area contributed by atoms with Crippen LogP contribution in [0.4, 0.5) is 0 Å². The fourth-order valence-corrected chi connectivity index (χ4v) is 1.86. The van der Waals surface area contributed by atoms with Gasteiger partial charge in [0.25, 0.3) is 0 Å². The molecular weight excluding hydrogens is 178 g/mol. The summed E-state index contributed by atoms with van der Waals surface area (Å²) in [6.07, 6.45) is 3.88. The number of methoxy groups -OCH3 is 1. The fraction of sp³-hybridized carbons (Fsp3) is 0.700. The normalized spacial score (nSPS) is 22.7. The standard InChI is InChI=1S/C10H17N3O/c1-8(2)12-5-9-4-11-7-13(9)10(6-12)14-3/h4,7-8,10H,5-6H2,1-3H3. The summed E-state index contributed by atoms with van der Waals surface area (Å²) in [5.74, 6) is 0. The lowest BCUT2D eigenvalue weighted by Gasteiger charge is -2.35. The third kappa shape index (κ3) is 1.55. The minimum absolute atomic E-state index is 0.114. The molecule has 0 amide bonds. The zero-order valence-corrected chi connectivity index (χ0v) is 8.97. The van der Waals surface area contributed by atoms with Crippen LogP contribution in [0.5, 0.6) is 0 Å². The number of rotatable bonds is 2. The third-order valence-corrected chi connectivity index (χ3v) is 2.81. The van der Waals surface area contributed by atoms with Crippen LogP contribution >= 0.6 is 0 Å². The van der Waals surface area contributed by atoms with E-state index in [0.717, 1.165) is 13.1 Å². The maximum Gasteiger partial charge on any atom is 0.147 e. The second-order valence-electron chi connectivity index (χ2n) is 4.01. The summed E-state index contributed by atoms with van der Waals surface area (Å²) in [6, 6.07) is 0.552. The molecule has 1 aromatic heterocycles. The Morgan fingerprint density at radius 2 is 2.36 bits per heavy atom. The van der Waals surface area contributed by atoms with Crippen molar-refractivity contribution in [1.82, 2.24) is 14.5 Å². The number of nitrogens with zero attached hydrogens (tertiary/aromatic N) is 3. The Balaban J connectivity index is 2.24. The third-order valence-electron chi connectivity index (χ3n) is 2.81. The molecule has 2 heterocycles. The van der Waals surface area contributed by atoms with Gasteiger partial charge >= 0.3 is 0 Å². The Morgan fingerprint density at radius 1 is 1.57 bits per heavy atom. The number of hydrogen-bond donors (Lipinski definition) is 0. The van der Waals surface area contributed by atoms with Gasteiger partial charge in [-0.3, -0.25) is 4.90 Å². The highest BCUT2D eigenvalue weighted by Crippen LogP contribution is 2.22. The van der Waals surface area contributed by atoms with Gasteiger partial charge in [0.2, 0.25) is 0 Å². The van der Waals surface area contributed by atoms with Crippen molar-refractivity contribution in [3.8, 4) is 0 Å². The van der Waals surface area contributed by atoms with Crippen LogP contribution in [0.1, 0.15) is 25.8 Å². The van der Waals surface area contributed by atoms with E-state index in [1.54, 1.807) is 7.11 Å². The quantitative estimate of drug-likeness (QED) is 0.711. The fourth-order valence-electron chi connectivity index (χ4n) is 1.86. The SMILES string of the molecule is COC1CN(C(C)C)Cc2cncn21. The molecule has 0 spiro atoms. The Bertz CT molecular complexity index is 308. The van der Waals surface area contributed by atoms with E-state index in [1.807, 2.05) is 12.5 Å². The first kappa shape index (κ1) is 9.68. The van der Waals surface area contributed by atoms with Gasteiger partial charge in [-0.1, -0.05) is 0 Å². The molecule has 0 saturated heterocycles. The van der Waals surface area contributed by atoms with E-state index in [9.17, 15) is 0 Å². The van der Waals surface area contributed by atoms with Crippen LogP contribution in [0.15, 0.2) is 12.5 Å². The van der Waals surface area contributed by atoms with Crippen molar-refractivity contribution < 1.29 is 4.74 Å². The van der Waals surface area contributed by atoms with Crippen LogP contribution in [0.25, 0.3) is 0 Å². The summed E-state index contributed by atoms with van der Waals surface area (Å²) in [7, 11) is 1.75. The number of imidazole rings is 1. The van der Waals surface area contributed by atoms with Crippen molar-refractivity contribution in [2.75, 3.05) is 13.7 Å². The molecule has 0 fully saturated rings. The van der Waals surface area contributed by atoms with Crippen LogP contribution in [0.3, 0.4) is 0 Å². The molecule has 1 atom stereocenters. The summed E-state index contributed by atoms with van der Waals surface area (Å²) in [4.78, 5) is 6.55. The van der Waals surface area contributed by atoms with Gasteiger partial charge in [-0.15, -0.1) is 0 Å². The minimum atomic E-state index is 0.114. The van der Waals surface area contributed by atoms with Gasteiger partial charge in [0, 0.05) is 32.4 Å². The Labute approximate surface area is 84.5 Å². The monoisotopic (exact) mass is 195 g/mol. The summed E-state index contributed by atoms with van der Waals surface area (Å²) in [5.41, 5.74) is 1.23. The Hall–Kier alpha value is -0.870. The van der Waals surface area contributed by atoms with Crippen LogP contribution in [0, 0.1) is 0 Å². The molecule has 1 unspecified atom stereocenters. The average molecular weight is 195 g/mol. The molecule has 0 N–H and O–H groups in total. The highest BCUT2D eigenvalue weighted by molar-refractivity contribution is 5.03. The summed E-state index contributed by atoms with van der Waals surface area (Å²) < 4.78 is 7.55. The largest absolute Gasteiger partial charge is 0.360 e. The molecule has 1 aliphatic rings. The predicted octanol–water partition coefficient (Wildman–Crippen LogP) is 1.25. The maximum atomic E-state index is 5.44. The van der Waals surface area contributed by atoms with E-state index in [-0.39, 0.29) is 6.23 Å². The second-order valence-corrected chi connectivity index (χ2v) is 4.01. The van der Waals surface area contributed by atoms with Crippen molar-refractivity contribution in [1.29, 1.82) is 0 Å². The lowest BCUT2D eigenvalue weighted by molar-refractivity contribution is -0.0187. The number of hydrogen-bond acceptors (Lipinski definition) is 3. The lowest BCUT2D eigenvalue weighted by atomic mass is 10.2. The second kappa shape index (κ2) is 3.71. The molecule has 1 aromatic rings. The van der Waals surface area contributed by atoms with Crippen LogP contribution < -0.4 is 0 Å². The van der Waals surface area contributed by atoms with Gasteiger partial charge < -0.3 is 9.30 Å². The number of fused-ring (bicyclic) bond motifs is 1. The Morgan fingerprint density at radius 3 is 3.00 bits per heavy atom. The molecule has 4 nitrogen and oxygen atoms in total. The van der Waals surface area contributed by atoms with Crippen molar-refractivity contribution >= 4 is 0 Å². The van der Waals surface area contributed by atoms with E-state index in [2.05, 4.69) is 28.3 Å². The topological polar surface area (TPSA) is 30.3 Å². The van der Waals surface area contributed by atoms with Crippen molar-refractivity contribution in [3.63, 3.8) is 0 Å². The zero-order chi connectivity index (χ0) is 10.1. The molecule has 14 heavy (non-hydrogen) atoms. The van der Waals surface area contributed by atoms with Crippen LogP contribution in [0.2, 0.25) is 0 Å². The van der Waals surface area contributed by atoms with Gasteiger partial charge in [-0.05, 0) is 13.8 Å². The molecule has 4 heteroatoms. The van der Waals surface area contributed by atoms with E-state index in [4.69, 9.17) is 4.74 Å². The van der Waals surface area contributed by atoms with Gasteiger partial charge in [-0.25, -0.2) is 4.98 Å². The van der Waals surface area contributed by atoms with E-state index >= 15 is 0 Å². The van der Waals surface area contributed by atoms with Crippen LogP contribution in [-0.2, 0) is 11.3 Å². The molecule has 0 aromatic carbocycles. The van der Waals surface area contributed by atoms with Gasteiger partial charge in [0.1, 0.15) is 6.23 Å². The molecule has 78 valence electrons. The highest BCUT2D eigenvalue weighted by atomic mass is 16.5. The summed E-state index contributed by atoms with van der Waals surface area (Å²) >= 11 is 0. The lowest BCUT2D eigenvalue weighted by Crippen LogP contribution is -2.41. The Kier molecular flexibility index (Phi) is 2.56. The average Bonchev–Trinajstić information content (AvgIpc) is 2.63. The molecule has 1 aliphatic heterocycles.